The molecule has 24 heavy (non-hydrogen) atoms. The van der Waals surface area contributed by atoms with Crippen LogP contribution in [0.2, 0.25) is 0 Å². The lowest BCUT2D eigenvalue weighted by atomic mass is 10.0. The molecule has 0 aliphatic carbocycles. The van der Waals surface area contributed by atoms with Crippen molar-refractivity contribution in [1.29, 1.82) is 0 Å². The molecular weight excluding hydrogens is 298 g/mol. The first kappa shape index (κ1) is 16.3. The highest BCUT2D eigenvalue weighted by Crippen LogP contribution is 2.22. The Hall–Kier alpha value is -2.59. The van der Waals surface area contributed by atoms with Crippen molar-refractivity contribution in [2.24, 2.45) is 0 Å². The molecule has 0 aliphatic heterocycles. The van der Waals surface area contributed by atoms with Gasteiger partial charge in [-0.1, -0.05) is 48.5 Å². The lowest BCUT2D eigenvalue weighted by molar-refractivity contribution is 0.270. The highest BCUT2D eigenvalue weighted by molar-refractivity contribution is 5.64. The predicted molar refractivity (Wildman–Crippen MR) is 98.0 cm³/mol. The molecule has 2 aromatic carbocycles. The Labute approximate surface area is 142 Å². The lowest BCUT2D eigenvalue weighted by Gasteiger charge is -2.11. The van der Waals surface area contributed by atoms with Gasteiger partial charge >= 0.3 is 0 Å². The van der Waals surface area contributed by atoms with E-state index in [0.717, 1.165) is 23.6 Å². The van der Waals surface area contributed by atoms with Crippen LogP contribution >= 0.6 is 0 Å². The van der Waals surface area contributed by atoms with Gasteiger partial charge in [0.15, 0.2) is 0 Å². The van der Waals surface area contributed by atoms with E-state index in [2.05, 4.69) is 65.9 Å². The molecule has 0 radical (unpaired) electrons. The van der Waals surface area contributed by atoms with Crippen LogP contribution in [0.3, 0.4) is 0 Å². The van der Waals surface area contributed by atoms with Crippen LogP contribution in [0.4, 0.5) is 5.82 Å². The fourth-order valence-corrected chi connectivity index (χ4v) is 2.83. The molecule has 4 heteroatoms. The number of nitrogens with zero attached hydrogens (tertiary/aromatic N) is 2. The number of benzene rings is 2. The van der Waals surface area contributed by atoms with Crippen molar-refractivity contribution in [3.8, 4) is 11.1 Å². The van der Waals surface area contributed by atoms with Gasteiger partial charge in [-0.25, -0.2) is 4.68 Å². The molecule has 124 valence electrons. The maximum atomic E-state index is 9.20. The zero-order chi connectivity index (χ0) is 16.9. The van der Waals surface area contributed by atoms with Crippen LogP contribution in [0, 0.1) is 13.8 Å². The molecule has 0 amide bonds. The normalized spacial score (nSPS) is 10.8. The van der Waals surface area contributed by atoms with Crippen molar-refractivity contribution in [1.82, 2.24) is 9.78 Å². The molecule has 0 spiro atoms. The zero-order valence-electron chi connectivity index (χ0n) is 14.2. The first-order chi connectivity index (χ1) is 11.7. The van der Waals surface area contributed by atoms with E-state index >= 15 is 0 Å². The Morgan fingerprint density at radius 2 is 1.75 bits per heavy atom. The van der Waals surface area contributed by atoms with E-state index in [4.69, 9.17) is 0 Å². The molecular formula is C20H23N3O. The van der Waals surface area contributed by atoms with Crippen molar-refractivity contribution < 1.29 is 5.11 Å². The van der Waals surface area contributed by atoms with Gasteiger partial charge in [0.25, 0.3) is 0 Å². The monoisotopic (exact) mass is 321 g/mol. The highest BCUT2D eigenvalue weighted by Gasteiger charge is 2.11. The summed E-state index contributed by atoms with van der Waals surface area (Å²) in [5.74, 6) is 0.978. The molecule has 3 rings (SSSR count). The van der Waals surface area contributed by atoms with E-state index < -0.39 is 0 Å². The van der Waals surface area contributed by atoms with Gasteiger partial charge in [0.1, 0.15) is 5.82 Å². The fraction of sp³-hybridized carbons (Fsp3) is 0.250. The molecule has 0 atom stereocenters. The van der Waals surface area contributed by atoms with Crippen molar-refractivity contribution in [3.05, 3.63) is 71.4 Å². The molecule has 0 saturated carbocycles. The van der Waals surface area contributed by atoms with E-state index in [0.29, 0.717) is 6.54 Å². The Morgan fingerprint density at radius 1 is 1.00 bits per heavy atom. The molecule has 0 unspecified atom stereocenters. The van der Waals surface area contributed by atoms with E-state index in [1.165, 1.54) is 16.7 Å². The molecule has 0 aliphatic rings. The number of aliphatic hydroxyl groups excluding tert-OH is 1. The number of hydrogen-bond acceptors (Lipinski definition) is 3. The molecule has 1 heterocycles. The predicted octanol–water partition coefficient (Wildman–Crippen LogP) is 3.77. The maximum absolute atomic E-state index is 9.20. The van der Waals surface area contributed by atoms with Gasteiger partial charge in [-0.3, -0.25) is 0 Å². The number of rotatable bonds is 6. The second-order valence-electron chi connectivity index (χ2n) is 5.93. The number of hydrogen-bond donors (Lipinski definition) is 2. The van der Waals surface area contributed by atoms with Gasteiger partial charge in [0.05, 0.1) is 18.8 Å². The van der Waals surface area contributed by atoms with E-state index in [-0.39, 0.29) is 6.61 Å². The lowest BCUT2D eigenvalue weighted by Crippen LogP contribution is -2.11. The largest absolute Gasteiger partial charge is 0.394 e. The van der Waals surface area contributed by atoms with Gasteiger partial charge < -0.3 is 10.4 Å². The van der Waals surface area contributed by atoms with Gasteiger partial charge in [0, 0.05) is 12.1 Å². The average molecular weight is 321 g/mol. The third-order valence-electron chi connectivity index (χ3n) is 4.23. The molecule has 0 fully saturated rings. The summed E-state index contributed by atoms with van der Waals surface area (Å²) in [4.78, 5) is 0. The quantitative estimate of drug-likeness (QED) is 0.726. The van der Waals surface area contributed by atoms with Crippen LogP contribution in [-0.4, -0.2) is 21.5 Å². The van der Waals surface area contributed by atoms with Crippen molar-refractivity contribution in [2.75, 3.05) is 11.9 Å². The number of aromatic nitrogens is 2. The van der Waals surface area contributed by atoms with Crippen LogP contribution in [0.1, 0.15) is 16.8 Å². The Bertz CT molecular complexity index is 809. The van der Waals surface area contributed by atoms with Gasteiger partial charge in [-0.2, -0.15) is 5.10 Å². The smallest absolute Gasteiger partial charge is 0.127 e. The zero-order valence-corrected chi connectivity index (χ0v) is 14.2. The standard InChI is InChI=1S/C20H23N3O/c1-15-16(2)22-23(11-12-24)20(15)21-14-17-7-6-10-19(13-17)18-8-4-3-5-9-18/h3-10,13,21,24H,11-12,14H2,1-2H3. The summed E-state index contributed by atoms with van der Waals surface area (Å²) in [5, 5.41) is 17.1. The summed E-state index contributed by atoms with van der Waals surface area (Å²) in [6.45, 7) is 5.35. The summed E-state index contributed by atoms with van der Waals surface area (Å²) < 4.78 is 1.84. The Morgan fingerprint density at radius 3 is 2.50 bits per heavy atom. The number of aryl methyl sites for hydroxylation is 1. The first-order valence-electron chi connectivity index (χ1n) is 8.22. The van der Waals surface area contributed by atoms with Crippen LogP contribution in [0.15, 0.2) is 54.6 Å². The molecule has 0 bridgehead atoms. The van der Waals surface area contributed by atoms with Crippen LogP contribution in [0.25, 0.3) is 11.1 Å². The van der Waals surface area contributed by atoms with Crippen molar-refractivity contribution in [3.63, 3.8) is 0 Å². The minimum absolute atomic E-state index is 0.0821. The number of nitrogens with one attached hydrogen (secondary N) is 1. The van der Waals surface area contributed by atoms with E-state index in [9.17, 15) is 5.11 Å². The van der Waals surface area contributed by atoms with Gasteiger partial charge in [-0.05, 0) is 36.6 Å². The topological polar surface area (TPSA) is 50.1 Å². The summed E-state index contributed by atoms with van der Waals surface area (Å²) >= 11 is 0. The molecule has 3 aromatic rings. The van der Waals surface area contributed by atoms with Gasteiger partial charge in [-0.15, -0.1) is 0 Å². The van der Waals surface area contributed by atoms with E-state index in [1.807, 2.05) is 17.7 Å². The summed E-state index contributed by atoms with van der Waals surface area (Å²) in [6, 6.07) is 18.9. The fourth-order valence-electron chi connectivity index (χ4n) is 2.83. The third kappa shape index (κ3) is 3.49. The number of anilines is 1. The number of aliphatic hydroxyl groups is 1. The van der Waals surface area contributed by atoms with Crippen molar-refractivity contribution >= 4 is 5.82 Å². The second-order valence-corrected chi connectivity index (χ2v) is 5.93. The first-order valence-corrected chi connectivity index (χ1v) is 8.22. The summed E-state index contributed by atoms with van der Waals surface area (Å²) in [7, 11) is 0. The average Bonchev–Trinajstić information content (AvgIpc) is 2.88. The maximum Gasteiger partial charge on any atom is 0.127 e. The van der Waals surface area contributed by atoms with Crippen molar-refractivity contribution in [2.45, 2.75) is 26.9 Å². The molecule has 1 aromatic heterocycles. The third-order valence-corrected chi connectivity index (χ3v) is 4.23. The van der Waals surface area contributed by atoms with Gasteiger partial charge in [0.2, 0.25) is 0 Å². The Kier molecular flexibility index (Phi) is 4.96. The molecule has 2 N–H and O–H groups in total. The second kappa shape index (κ2) is 7.32. The summed E-state index contributed by atoms with van der Waals surface area (Å²) in [6.07, 6.45) is 0. The minimum atomic E-state index is 0.0821. The summed E-state index contributed by atoms with van der Waals surface area (Å²) in [5.41, 5.74) is 5.76. The SMILES string of the molecule is Cc1nn(CCO)c(NCc2cccc(-c3ccccc3)c2)c1C. The van der Waals surface area contributed by atoms with E-state index in [1.54, 1.807) is 0 Å². The Balaban J connectivity index is 1.78. The van der Waals surface area contributed by atoms with Crippen LogP contribution in [-0.2, 0) is 13.1 Å². The minimum Gasteiger partial charge on any atom is -0.394 e. The molecule has 0 saturated heterocycles. The highest BCUT2D eigenvalue weighted by atomic mass is 16.3. The molecule has 4 nitrogen and oxygen atoms in total. The van der Waals surface area contributed by atoms with Crippen LogP contribution < -0.4 is 5.32 Å². The van der Waals surface area contributed by atoms with Crippen LogP contribution in [0.5, 0.6) is 0 Å².